The van der Waals surface area contributed by atoms with Gasteiger partial charge in [0.15, 0.2) is 11.5 Å². The lowest BCUT2D eigenvalue weighted by atomic mass is 10.2. The zero-order chi connectivity index (χ0) is 12.1. The van der Waals surface area contributed by atoms with Crippen molar-refractivity contribution in [3.63, 3.8) is 0 Å². The minimum Gasteiger partial charge on any atom is -0.504 e. The Kier molecular flexibility index (Phi) is 4.60. The number of hydrogen-bond donors (Lipinski definition) is 1. The smallest absolute Gasteiger partial charge is 0.330 e. The van der Waals surface area contributed by atoms with Crippen LogP contribution in [0, 0.1) is 3.57 Å². The number of benzene rings is 1. The molecule has 0 radical (unpaired) electrons. The molecular weight excluding hydrogens is 323 g/mol. The molecule has 0 bridgehead atoms. The molecule has 0 aliphatic carbocycles. The number of rotatable bonds is 3. The van der Waals surface area contributed by atoms with Crippen molar-refractivity contribution >= 4 is 34.6 Å². The summed E-state index contributed by atoms with van der Waals surface area (Å²) >= 11 is 1.98. The van der Waals surface area contributed by atoms with Gasteiger partial charge in [0.25, 0.3) is 0 Å². The Balaban J connectivity index is 3.03. The van der Waals surface area contributed by atoms with Gasteiger partial charge in [-0.3, -0.25) is 0 Å². The van der Waals surface area contributed by atoms with E-state index in [1.807, 2.05) is 22.6 Å². The lowest BCUT2D eigenvalue weighted by molar-refractivity contribution is -0.134. The number of esters is 1. The molecule has 1 aromatic carbocycles. The monoisotopic (exact) mass is 334 g/mol. The van der Waals surface area contributed by atoms with Gasteiger partial charge < -0.3 is 14.6 Å². The van der Waals surface area contributed by atoms with Gasteiger partial charge in [-0.05, 0) is 46.4 Å². The Morgan fingerprint density at radius 1 is 1.44 bits per heavy atom. The maximum Gasteiger partial charge on any atom is 0.330 e. The van der Waals surface area contributed by atoms with Crippen LogP contribution in [-0.4, -0.2) is 25.3 Å². The molecule has 0 spiro atoms. The van der Waals surface area contributed by atoms with E-state index in [-0.39, 0.29) is 5.75 Å². The number of phenolic OH excluding ortho intramolecular Hbond substituents is 1. The highest BCUT2D eigenvalue weighted by atomic mass is 127. The molecule has 4 nitrogen and oxygen atoms in total. The molecule has 0 aliphatic rings. The number of ether oxygens (including phenoxy) is 2. The van der Waals surface area contributed by atoms with Gasteiger partial charge in [0.2, 0.25) is 0 Å². The fraction of sp³-hybridized carbons (Fsp3) is 0.182. The summed E-state index contributed by atoms with van der Waals surface area (Å²) in [5.41, 5.74) is 0.726. The van der Waals surface area contributed by atoms with Gasteiger partial charge in [0, 0.05) is 6.08 Å². The number of aromatic hydroxyl groups is 1. The molecule has 0 heterocycles. The predicted octanol–water partition coefficient (Wildman–Crippen LogP) is 2.19. The number of hydrogen-bond acceptors (Lipinski definition) is 4. The van der Waals surface area contributed by atoms with Crippen molar-refractivity contribution in [2.45, 2.75) is 0 Å². The van der Waals surface area contributed by atoms with Crippen LogP contribution in [-0.2, 0) is 9.53 Å². The van der Waals surface area contributed by atoms with Gasteiger partial charge in [0.1, 0.15) is 0 Å². The van der Waals surface area contributed by atoms with E-state index in [4.69, 9.17) is 4.74 Å². The van der Waals surface area contributed by atoms with Crippen molar-refractivity contribution < 1.29 is 19.4 Å². The maximum atomic E-state index is 10.9. The minimum atomic E-state index is -0.439. The van der Waals surface area contributed by atoms with Crippen LogP contribution in [0.3, 0.4) is 0 Å². The predicted molar refractivity (Wildman–Crippen MR) is 68.4 cm³/mol. The van der Waals surface area contributed by atoms with Crippen LogP contribution in [0.15, 0.2) is 18.2 Å². The Bertz CT molecular complexity index is 426. The van der Waals surface area contributed by atoms with Gasteiger partial charge in [-0.15, -0.1) is 0 Å². The second-order valence-corrected chi connectivity index (χ2v) is 3.95. The van der Waals surface area contributed by atoms with Crippen LogP contribution in [0.2, 0.25) is 0 Å². The van der Waals surface area contributed by atoms with E-state index in [9.17, 15) is 9.90 Å². The molecule has 0 aromatic heterocycles. The first-order valence-corrected chi connectivity index (χ1v) is 5.49. The van der Waals surface area contributed by atoms with Crippen molar-refractivity contribution in [3.05, 3.63) is 27.3 Å². The Hall–Kier alpha value is -1.24. The average molecular weight is 334 g/mol. The standard InChI is InChI=1S/C11H11IO4/c1-15-8-5-3-7(10(12)11(8)14)4-6-9(13)16-2/h3-6,14H,1-2H3/b6-4+. The largest absolute Gasteiger partial charge is 0.504 e. The molecular formula is C11H11IO4. The molecule has 1 N–H and O–H groups in total. The van der Waals surface area contributed by atoms with Crippen LogP contribution in [0.25, 0.3) is 6.08 Å². The third-order valence-corrected chi connectivity index (χ3v) is 3.06. The number of methoxy groups -OCH3 is 2. The highest BCUT2D eigenvalue weighted by Crippen LogP contribution is 2.33. The van der Waals surface area contributed by atoms with Crippen molar-refractivity contribution in [1.82, 2.24) is 0 Å². The van der Waals surface area contributed by atoms with Crippen LogP contribution in [0.1, 0.15) is 5.56 Å². The number of halogens is 1. The minimum absolute atomic E-state index is 0.0649. The van der Waals surface area contributed by atoms with E-state index in [0.717, 1.165) is 5.56 Å². The number of phenols is 1. The van der Waals surface area contributed by atoms with Gasteiger partial charge >= 0.3 is 5.97 Å². The van der Waals surface area contributed by atoms with Crippen LogP contribution < -0.4 is 4.74 Å². The van der Waals surface area contributed by atoms with Crippen LogP contribution >= 0.6 is 22.6 Å². The Labute approximate surface area is 107 Å². The van der Waals surface area contributed by atoms with E-state index in [1.54, 1.807) is 18.2 Å². The quantitative estimate of drug-likeness (QED) is 0.523. The normalized spacial score (nSPS) is 10.4. The SMILES string of the molecule is COC(=O)/C=C/c1ccc(OC)c(O)c1I. The number of carbonyl (C=O) groups excluding carboxylic acids is 1. The highest BCUT2D eigenvalue weighted by molar-refractivity contribution is 14.1. The topological polar surface area (TPSA) is 55.8 Å². The van der Waals surface area contributed by atoms with Crippen molar-refractivity contribution in [2.24, 2.45) is 0 Å². The summed E-state index contributed by atoms with van der Waals surface area (Å²) < 4.78 is 10.1. The molecule has 0 atom stereocenters. The summed E-state index contributed by atoms with van der Waals surface area (Å²) in [6, 6.07) is 3.38. The summed E-state index contributed by atoms with van der Waals surface area (Å²) in [6.45, 7) is 0. The first-order chi connectivity index (χ1) is 7.60. The number of carbonyl (C=O) groups is 1. The molecule has 0 saturated carbocycles. The summed E-state index contributed by atoms with van der Waals surface area (Å²) in [6.07, 6.45) is 2.87. The second-order valence-electron chi connectivity index (χ2n) is 2.88. The van der Waals surface area contributed by atoms with E-state index in [0.29, 0.717) is 9.32 Å². The zero-order valence-corrected chi connectivity index (χ0v) is 11.0. The molecule has 0 aliphatic heterocycles. The summed E-state index contributed by atoms with van der Waals surface area (Å²) in [5, 5.41) is 9.72. The molecule has 0 fully saturated rings. The summed E-state index contributed by atoms with van der Waals surface area (Å²) in [7, 11) is 2.79. The molecule has 1 aromatic rings. The average Bonchev–Trinajstić information content (AvgIpc) is 2.30. The van der Waals surface area contributed by atoms with E-state index in [1.165, 1.54) is 20.3 Å². The lowest BCUT2D eigenvalue weighted by Crippen LogP contribution is -1.94. The molecule has 5 heteroatoms. The highest BCUT2D eigenvalue weighted by Gasteiger charge is 2.08. The fourth-order valence-corrected chi connectivity index (χ4v) is 1.71. The van der Waals surface area contributed by atoms with E-state index >= 15 is 0 Å². The third kappa shape index (κ3) is 2.88. The molecule has 1 rings (SSSR count). The van der Waals surface area contributed by atoms with Crippen molar-refractivity contribution in [3.8, 4) is 11.5 Å². The van der Waals surface area contributed by atoms with Crippen molar-refractivity contribution in [2.75, 3.05) is 14.2 Å². The summed E-state index contributed by atoms with van der Waals surface area (Å²) in [5.74, 6) is 0.0286. The Morgan fingerprint density at radius 3 is 2.69 bits per heavy atom. The molecule has 0 amide bonds. The lowest BCUT2D eigenvalue weighted by Gasteiger charge is -2.06. The van der Waals surface area contributed by atoms with Crippen molar-refractivity contribution in [1.29, 1.82) is 0 Å². The summed E-state index contributed by atoms with van der Waals surface area (Å²) in [4.78, 5) is 10.9. The molecule has 0 saturated heterocycles. The third-order valence-electron chi connectivity index (χ3n) is 1.93. The van der Waals surface area contributed by atoms with E-state index in [2.05, 4.69) is 4.74 Å². The Morgan fingerprint density at radius 2 is 2.12 bits per heavy atom. The first kappa shape index (κ1) is 12.8. The van der Waals surface area contributed by atoms with Gasteiger partial charge in [-0.25, -0.2) is 4.79 Å². The van der Waals surface area contributed by atoms with Gasteiger partial charge in [0.05, 0.1) is 17.8 Å². The van der Waals surface area contributed by atoms with E-state index < -0.39 is 5.97 Å². The maximum absolute atomic E-state index is 10.9. The molecule has 86 valence electrons. The van der Waals surface area contributed by atoms with Crippen LogP contribution in [0.5, 0.6) is 11.5 Å². The zero-order valence-electron chi connectivity index (χ0n) is 8.86. The van der Waals surface area contributed by atoms with Crippen LogP contribution in [0.4, 0.5) is 0 Å². The molecule has 0 unspecified atom stereocenters. The fourth-order valence-electron chi connectivity index (χ4n) is 1.08. The molecule has 16 heavy (non-hydrogen) atoms. The van der Waals surface area contributed by atoms with Gasteiger partial charge in [-0.2, -0.15) is 0 Å². The first-order valence-electron chi connectivity index (χ1n) is 4.41. The second kappa shape index (κ2) is 5.74. The van der Waals surface area contributed by atoms with Gasteiger partial charge in [-0.1, -0.05) is 0 Å².